The molecule has 0 aromatic carbocycles. The second kappa shape index (κ2) is 5.33. The first-order valence-corrected chi connectivity index (χ1v) is 4.91. The van der Waals surface area contributed by atoms with Gasteiger partial charge in [0.2, 0.25) is 11.8 Å². The molecule has 0 spiro atoms. The summed E-state index contributed by atoms with van der Waals surface area (Å²) in [5.41, 5.74) is 0. The topological polar surface area (TPSA) is 80.0 Å². The highest BCUT2D eigenvalue weighted by Crippen LogP contribution is 2.11. The van der Waals surface area contributed by atoms with Crippen LogP contribution in [0.25, 0.3) is 0 Å². The predicted octanol–water partition coefficient (Wildman–Crippen LogP) is 0.664. The number of hydrogen-bond acceptors (Lipinski definition) is 4. The largest absolute Gasteiger partial charge is 0.425 e. The molecule has 0 atom stereocenters. The first-order valence-electron chi connectivity index (χ1n) is 4.91. The van der Waals surface area contributed by atoms with Crippen LogP contribution in [-0.2, 0) is 6.42 Å². The molecule has 6 heteroatoms. The molecule has 0 fully saturated rings. The SMILES string of the molecule is CNC(=O)NCCc1nnc(C(C)C)o1. The third-order valence-corrected chi connectivity index (χ3v) is 1.83. The molecule has 0 unspecified atom stereocenters. The number of amides is 2. The van der Waals surface area contributed by atoms with Crippen LogP contribution in [0.5, 0.6) is 0 Å². The Hall–Kier alpha value is -1.59. The molecule has 6 nitrogen and oxygen atoms in total. The fourth-order valence-electron chi connectivity index (χ4n) is 0.972. The minimum absolute atomic E-state index is 0.210. The number of aromatic nitrogens is 2. The summed E-state index contributed by atoms with van der Waals surface area (Å²) in [5.74, 6) is 1.41. The van der Waals surface area contributed by atoms with Gasteiger partial charge in [-0.05, 0) is 0 Å². The molecule has 1 aromatic heterocycles. The van der Waals surface area contributed by atoms with E-state index >= 15 is 0 Å². The highest BCUT2D eigenvalue weighted by molar-refractivity contribution is 5.73. The number of nitrogens with zero attached hydrogens (tertiary/aromatic N) is 2. The summed E-state index contributed by atoms with van der Waals surface area (Å²) in [6.07, 6.45) is 0.549. The highest BCUT2D eigenvalue weighted by atomic mass is 16.4. The number of rotatable bonds is 4. The van der Waals surface area contributed by atoms with E-state index in [-0.39, 0.29) is 11.9 Å². The maximum atomic E-state index is 10.8. The first-order chi connectivity index (χ1) is 7.13. The quantitative estimate of drug-likeness (QED) is 0.768. The molecule has 1 aromatic rings. The Balaban J connectivity index is 2.34. The number of nitrogens with one attached hydrogen (secondary N) is 2. The summed E-state index contributed by atoms with van der Waals surface area (Å²) in [6, 6.07) is -0.210. The van der Waals surface area contributed by atoms with Gasteiger partial charge in [0.15, 0.2) is 0 Å². The van der Waals surface area contributed by atoms with Crippen molar-refractivity contribution in [3.05, 3.63) is 11.8 Å². The molecule has 0 bridgehead atoms. The molecule has 1 heterocycles. The van der Waals surface area contributed by atoms with E-state index in [0.29, 0.717) is 24.7 Å². The van der Waals surface area contributed by atoms with Gasteiger partial charge < -0.3 is 15.1 Å². The zero-order valence-corrected chi connectivity index (χ0v) is 9.20. The average molecular weight is 212 g/mol. The Labute approximate surface area is 88.4 Å². The predicted molar refractivity (Wildman–Crippen MR) is 54.5 cm³/mol. The molecule has 0 aliphatic heterocycles. The van der Waals surface area contributed by atoms with E-state index in [2.05, 4.69) is 20.8 Å². The zero-order valence-electron chi connectivity index (χ0n) is 9.20. The fraction of sp³-hybridized carbons (Fsp3) is 0.667. The van der Waals surface area contributed by atoms with Crippen molar-refractivity contribution in [3.8, 4) is 0 Å². The van der Waals surface area contributed by atoms with Gasteiger partial charge in [-0.15, -0.1) is 10.2 Å². The van der Waals surface area contributed by atoms with Gasteiger partial charge in [-0.3, -0.25) is 0 Å². The summed E-state index contributed by atoms with van der Waals surface area (Å²) >= 11 is 0. The molecule has 15 heavy (non-hydrogen) atoms. The third-order valence-electron chi connectivity index (χ3n) is 1.83. The zero-order chi connectivity index (χ0) is 11.3. The lowest BCUT2D eigenvalue weighted by molar-refractivity contribution is 0.243. The molecule has 0 radical (unpaired) electrons. The Morgan fingerprint density at radius 1 is 1.47 bits per heavy atom. The van der Waals surface area contributed by atoms with Crippen LogP contribution >= 0.6 is 0 Å². The lowest BCUT2D eigenvalue weighted by Gasteiger charge is -2.00. The molecule has 0 aliphatic rings. The van der Waals surface area contributed by atoms with E-state index in [9.17, 15) is 4.79 Å². The average Bonchev–Trinajstić information content (AvgIpc) is 2.66. The smallest absolute Gasteiger partial charge is 0.314 e. The van der Waals surface area contributed by atoms with Crippen molar-refractivity contribution in [2.45, 2.75) is 26.2 Å². The summed E-state index contributed by atoms with van der Waals surface area (Å²) < 4.78 is 5.37. The van der Waals surface area contributed by atoms with Gasteiger partial charge in [0.05, 0.1) is 0 Å². The van der Waals surface area contributed by atoms with Crippen molar-refractivity contribution in [3.63, 3.8) is 0 Å². The van der Waals surface area contributed by atoms with Gasteiger partial charge in [0, 0.05) is 25.9 Å². The van der Waals surface area contributed by atoms with Crippen LogP contribution in [0.3, 0.4) is 0 Å². The molecule has 0 saturated carbocycles. The van der Waals surface area contributed by atoms with Crippen molar-refractivity contribution in [2.24, 2.45) is 0 Å². The van der Waals surface area contributed by atoms with Crippen molar-refractivity contribution in [1.29, 1.82) is 0 Å². The van der Waals surface area contributed by atoms with Gasteiger partial charge in [0.25, 0.3) is 0 Å². The molecule has 1 rings (SSSR count). The van der Waals surface area contributed by atoms with Crippen molar-refractivity contribution >= 4 is 6.03 Å². The van der Waals surface area contributed by atoms with E-state index in [1.54, 1.807) is 7.05 Å². The summed E-state index contributed by atoms with van der Waals surface area (Å²) in [6.45, 7) is 4.46. The molecule has 0 aliphatic carbocycles. The maximum absolute atomic E-state index is 10.8. The van der Waals surface area contributed by atoms with Gasteiger partial charge in [0.1, 0.15) is 0 Å². The van der Waals surface area contributed by atoms with Crippen molar-refractivity contribution in [2.75, 3.05) is 13.6 Å². The highest BCUT2D eigenvalue weighted by Gasteiger charge is 2.09. The van der Waals surface area contributed by atoms with Crippen LogP contribution in [0, 0.1) is 0 Å². The standard InChI is InChI=1S/C9H16N4O2/c1-6(2)8-13-12-7(15-8)4-5-11-9(14)10-3/h6H,4-5H2,1-3H3,(H2,10,11,14). The van der Waals surface area contributed by atoms with Crippen LogP contribution in [0.15, 0.2) is 4.42 Å². The second-order valence-electron chi connectivity index (χ2n) is 3.44. The molecule has 2 amide bonds. The first kappa shape index (κ1) is 11.5. The van der Waals surface area contributed by atoms with Gasteiger partial charge >= 0.3 is 6.03 Å². The molecule has 84 valence electrons. The Bertz CT molecular complexity index is 322. The van der Waals surface area contributed by atoms with Gasteiger partial charge in [-0.1, -0.05) is 13.8 Å². The lowest BCUT2D eigenvalue weighted by Crippen LogP contribution is -2.34. The molecular weight excluding hydrogens is 196 g/mol. The van der Waals surface area contributed by atoms with Crippen LogP contribution in [0.2, 0.25) is 0 Å². The molecular formula is C9H16N4O2. The van der Waals surface area contributed by atoms with Crippen LogP contribution in [0.1, 0.15) is 31.5 Å². The van der Waals surface area contributed by atoms with Crippen molar-refractivity contribution in [1.82, 2.24) is 20.8 Å². The van der Waals surface area contributed by atoms with E-state index in [0.717, 1.165) is 0 Å². The fourth-order valence-corrected chi connectivity index (χ4v) is 0.972. The lowest BCUT2D eigenvalue weighted by atomic mass is 10.2. The third kappa shape index (κ3) is 3.57. The summed E-state index contributed by atoms with van der Waals surface area (Å²) in [4.78, 5) is 10.8. The van der Waals surface area contributed by atoms with Crippen LogP contribution < -0.4 is 10.6 Å². The van der Waals surface area contributed by atoms with Gasteiger partial charge in [-0.2, -0.15) is 0 Å². The Morgan fingerprint density at radius 2 is 2.20 bits per heavy atom. The minimum Gasteiger partial charge on any atom is -0.425 e. The number of hydrogen-bond donors (Lipinski definition) is 2. The Morgan fingerprint density at radius 3 is 2.73 bits per heavy atom. The number of carbonyl (C=O) groups is 1. The molecule has 0 saturated heterocycles. The van der Waals surface area contributed by atoms with E-state index in [1.807, 2.05) is 13.8 Å². The van der Waals surface area contributed by atoms with Crippen LogP contribution in [-0.4, -0.2) is 29.8 Å². The minimum atomic E-state index is -0.210. The van der Waals surface area contributed by atoms with Crippen molar-refractivity contribution < 1.29 is 9.21 Å². The van der Waals surface area contributed by atoms with E-state index in [1.165, 1.54) is 0 Å². The van der Waals surface area contributed by atoms with Gasteiger partial charge in [-0.25, -0.2) is 4.79 Å². The number of urea groups is 1. The summed E-state index contributed by atoms with van der Waals surface area (Å²) in [7, 11) is 1.57. The molecule has 2 N–H and O–H groups in total. The summed E-state index contributed by atoms with van der Waals surface area (Å²) in [5, 5.41) is 12.9. The van der Waals surface area contributed by atoms with Crippen LogP contribution in [0.4, 0.5) is 4.79 Å². The second-order valence-corrected chi connectivity index (χ2v) is 3.44. The monoisotopic (exact) mass is 212 g/mol. The van der Waals surface area contributed by atoms with E-state index in [4.69, 9.17) is 4.42 Å². The number of carbonyl (C=O) groups excluding carboxylic acids is 1. The van der Waals surface area contributed by atoms with E-state index < -0.39 is 0 Å². The normalized spacial score (nSPS) is 10.4. The maximum Gasteiger partial charge on any atom is 0.314 e. The Kier molecular flexibility index (Phi) is 4.08.